The molecular weight excluding hydrogens is 318 g/mol. The van der Waals surface area contributed by atoms with Gasteiger partial charge in [-0.15, -0.1) is 0 Å². The van der Waals surface area contributed by atoms with E-state index in [-0.39, 0.29) is 5.91 Å². The zero-order chi connectivity index (χ0) is 17.6. The van der Waals surface area contributed by atoms with Crippen molar-refractivity contribution in [1.29, 1.82) is 0 Å². The van der Waals surface area contributed by atoms with Crippen molar-refractivity contribution in [1.82, 2.24) is 9.80 Å². The zero-order valence-corrected chi connectivity index (χ0v) is 14.8. The molecular formula is C19H25N3O3. The fourth-order valence-electron chi connectivity index (χ4n) is 2.84. The van der Waals surface area contributed by atoms with E-state index in [1.807, 2.05) is 31.2 Å². The lowest BCUT2D eigenvalue weighted by Gasteiger charge is -2.32. The lowest BCUT2D eigenvalue weighted by molar-refractivity contribution is 0.0995. The van der Waals surface area contributed by atoms with E-state index in [1.165, 1.54) is 6.26 Å². The predicted molar refractivity (Wildman–Crippen MR) is 97.3 cm³/mol. The maximum Gasteiger partial charge on any atom is 0.291 e. The number of para-hydroxylation sites is 2. The molecule has 1 N–H and O–H groups in total. The molecule has 1 aromatic heterocycles. The van der Waals surface area contributed by atoms with Gasteiger partial charge in [-0.2, -0.15) is 0 Å². The molecule has 6 nitrogen and oxygen atoms in total. The van der Waals surface area contributed by atoms with Crippen LogP contribution in [0, 0.1) is 6.92 Å². The summed E-state index contributed by atoms with van der Waals surface area (Å²) in [5.74, 6) is 0.735. The standard InChI is InChI=1S/C19H25N3O3/c1-15-7-13-25-18(15)19(23)20-16-5-3-4-6-17(16)24-14-12-22-10-8-21(2)9-11-22/h3-7,13H,8-12,14H2,1-2H3,(H,20,23). The van der Waals surface area contributed by atoms with Gasteiger partial charge in [0.1, 0.15) is 12.4 Å². The van der Waals surface area contributed by atoms with Crippen LogP contribution in [-0.4, -0.2) is 62.1 Å². The van der Waals surface area contributed by atoms with Gasteiger partial charge in [-0.25, -0.2) is 0 Å². The molecule has 1 saturated heterocycles. The molecule has 0 atom stereocenters. The Morgan fingerprint density at radius 2 is 1.96 bits per heavy atom. The summed E-state index contributed by atoms with van der Waals surface area (Å²) < 4.78 is 11.2. The molecule has 6 heteroatoms. The molecule has 0 saturated carbocycles. The van der Waals surface area contributed by atoms with Crippen molar-refractivity contribution in [3.63, 3.8) is 0 Å². The number of carbonyl (C=O) groups is 1. The van der Waals surface area contributed by atoms with E-state index in [0.717, 1.165) is 38.3 Å². The van der Waals surface area contributed by atoms with E-state index in [2.05, 4.69) is 22.2 Å². The number of nitrogens with one attached hydrogen (secondary N) is 1. The van der Waals surface area contributed by atoms with Gasteiger partial charge in [0.15, 0.2) is 5.76 Å². The summed E-state index contributed by atoms with van der Waals surface area (Å²) in [6, 6.07) is 9.25. The van der Waals surface area contributed by atoms with Crippen LogP contribution < -0.4 is 10.1 Å². The molecule has 1 aliphatic heterocycles. The second kappa shape index (κ2) is 8.18. The van der Waals surface area contributed by atoms with E-state index >= 15 is 0 Å². The number of benzene rings is 1. The number of hydrogen-bond donors (Lipinski definition) is 1. The molecule has 134 valence electrons. The smallest absolute Gasteiger partial charge is 0.291 e. The number of ether oxygens (including phenoxy) is 1. The van der Waals surface area contributed by atoms with E-state index in [9.17, 15) is 4.79 Å². The SMILES string of the molecule is Cc1ccoc1C(=O)Nc1ccccc1OCCN1CCN(C)CC1. The Kier molecular flexibility index (Phi) is 5.73. The first-order valence-electron chi connectivity index (χ1n) is 8.61. The highest BCUT2D eigenvalue weighted by Gasteiger charge is 2.16. The average Bonchev–Trinajstić information content (AvgIpc) is 3.04. The molecule has 2 aromatic rings. The van der Waals surface area contributed by atoms with Gasteiger partial charge in [0.05, 0.1) is 12.0 Å². The number of rotatable bonds is 6. The number of nitrogens with zero attached hydrogens (tertiary/aromatic N) is 2. The van der Waals surface area contributed by atoms with E-state index in [4.69, 9.17) is 9.15 Å². The minimum Gasteiger partial charge on any atom is -0.490 e. The second-order valence-corrected chi connectivity index (χ2v) is 6.38. The zero-order valence-electron chi connectivity index (χ0n) is 14.8. The van der Waals surface area contributed by atoms with Crippen molar-refractivity contribution in [3.05, 3.63) is 47.9 Å². The van der Waals surface area contributed by atoms with Gasteiger partial charge < -0.3 is 19.4 Å². The number of aryl methyl sites for hydroxylation is 1. The van der Waals surface area contributed by atoms with Crippen LogP contribution >= 0.6 is 0 Å². The molecule has 1 aromatic carbocycles. The molecule has 1 aliphatic rings. The Morgan fingerprint density at radius 3 is 2.68 bits per heavy atom. The lowest BCUT2D eigenvalue weighted by Crippen LogP contribution is -2.45. The Balaban J connectivity index is 1.55. The molecule has 0 unspecified atom stereocenters. The minimum absolute atomic E-state index is 0.266. The number of piperazine rings is 1. The third-order valence-corrected chi connectivity index (χ3v) is 4.46. The summed E-state index contributed by atoms with van der Waals surface area (Å²) in [6.07, 6.45) is 1.52. The Morgan fingerprint density at radius 1 is 1.20 bits per heavy atom. The van der Waals surface area contributed by atoms with Crippen LogP contribution in [0.1, 0.15) is 16.1 Å². The van der Waals surface area contributed by atoms with Gasteiger partial charge in [-0.1, -0.05) is 12.1 Å². The predicted octanol–water partition coefficient (Wildman–Crippen LogP) is 2.47. The Labute approximate surface area is 148 Å². The number of hydrogen-bond acceptors (Lipinski definition) is 5. The number of anilines is 1. The average molecular weight is 343 g/mol. The van der Waals surface area contributed by atoms with E-state index in [1.54, 1.807) is 6.07 Å². The molecule has 1 fully saturated rings. The molecule has 0 aliphatic carbocycles. The fraction of sp³-hybridized carbons (Fsp3) is 0.421. The van der Waals surface area contributed by atoms with Crippen LogP contribution in [0.15, 0.2) is 41.0 Å². The van der Waals surface area contributed by atoms with Gasteiger partial charge in [0.25, 0.3) is 5.91 Å². The van der Waals surface area contributed by atoms with Crippen LogP contribution in [0.25, 0.3) is 0 Å². The van der Waals surface area contributed by atoms with Crippen LogP contribution in [0.4, 0.5) is 5.69 Å². The number of furan rings is 1. The first-order valence-corrected chi connectivity index (χ1v) is 8.61. The molecule has 3 rings (SSSR count). The van der Waals surface area contributed by atoms with Gasteiger partial charge in [-0.05, 0) is 32.2 Å². The third kappa shape index (κ3) is 4.61. The summed E-state index contributed by atoms with van der Waals surface area (Å²) in [5, 5.41) is 2.87. The maximum absolute atomic E-state index is 12.3. The number of likely N-dealkylation sites (N-methyl/N-ethyl adjacent to an activating group) is 1. The van der Waals surface area contributed by atoms with Crippen LogP contribution in [0.3, 0.4) is 0 Å². The van der Waals surface area contributed by atoms with Crippen LogP contribution in [-0.2, 0) is 0 Å². The number of carbonyl (C=O) groups excluding carboxylic acids is 1. The van der Waals surface area contributed by atoms with Gasteiger partial charge in [-0.3, -0.25) is 9.69 Å². The summed E-state index contributed by atoms with van der Waals surface area (Å²) >= 11 is 0. The maximum atomic E-state index is 12.3. The molecule has 0 bridgehead atoms. The fourth-order valence-corrected chi connectivity index (χ4v) is 2.84. The van der Waals surface area contributed by atoms with Gasteiger partial charge >= 0.3 is 0 Å². The first kappa shape index (κ1) is 17.5. The summed E-state index contributed by atoms with van der Waals surface area (Å²) in [4.78, 5) is 17.1. The van der Waals surface area contributed by atoms with Gasteiger partial charge in [0.2, 0.25) is 0 Å². The summed E-state index contributed by atoms with van der Waals surface area (Å²) in [6.45, 7) is 7.64. The topological polar surface area (TPSA) is 58.0 Å². The molecule has 1 amide bonds. The number of amides is 1. The van der Waals surface area contributed by atoms with Crippen molar-refractivity contribution in [2.45, 2.75) is 6.92 Å². The Hall–Kier alpha value is -2.31. The normalized spacial score (nSPS) is 15.9. The lowest BCUT2D eigenvalue weighted by atomic mass is 10.2. The molecule has 0 spiro atoms. The van der Waals surface area contributed by atoms with Crippen molar-refractivity contribution < 1.29 is 13.9 Å². The highest BCUT2D eigenvalue weighted by Crippen LogP contribution is 2.25. The third-order valence-electron chi connectivity index (χ3n) is 4.46. The molecule has 2 heterocycles. The van der Waals surface area contributed by atoms with Crippen molar-refractivity contribution in [3.8, 4) is 5.75 Å². The highest BCUT2D eigenvalue weighted by atomic mass is 16.5. The van der Waals surface area contributed by atoms with Crippen LogP contribution in [0.2, 0.25) is 0 Å². The van der Waals surface area contributed by atoms with Crippen molar-refractivity contribution >= 4 is 11.6 Å². The monoisotopic (exact) mass is 343 g/mol. The first-order chi connectivity index (χ1) is 12.1. The van der Waals surface area contributed by atoms with E-state index in [0.29, 0.717) is 23.8 Å². The second-order valence-electron chi connectivity index (χ2n) is 6.38. The molecule has 0 radical (unpaired) electrons. The summed E-state index contributed by atoms with van der Waals surface area (Å²) in [5.41, 5.74) is 1.47. The van der Waals surface area contributed by atoms with Crippen molar-refractivity contribution in [2.75, 3.05) is 51.7 Å². The van der Waals surface area contributed by atoms with Crippen molar-refractivity contribution in [2.24, 2.45) is 0 Å². The molecule has 25 heavy (non-hydrogen) atoms. The summed E-state index contributed by atoms with van der Waals surface area (Å²) in [7, 11) is 2.15. The highest BCUT2D eigenvalue weighted by molar-refractivity contribution is 6.03. The minimum atomic E-state index is -0.266. The quantitative estimate of drug-likeness (QED) is 0.873. The van der Waals surface area contributed by atoms with Crippen LogP contribution in [0.5, 0.6) is 5.75 Å². The Bertz CT molecular complexity index is 705. The van der Waals surface area contributed by atoms with E-state index < -0.39 is 0 Å². The largest absolute Gasteiger partial charge is 0.490 e. The van der Waals surface area contributed by atoms with Gasteiger partial charge in [0, 0.05) is 38.3 Å².